The fourth-order valence-corrected chi connectivity index (χ4v) is 5.65. The number of urea groups is 1. The summed E-state index contributed by atoms with van der Waals surface area (Å²) in [6.07, 6.45) is 4.11. The Kier molecular flexibility index (Phi) is 8.76. The van der Waals surface area contributed by atoms with Crippen molar-refractivity contribution in [3.8, 4) is 11.5 Å². The van der Waals surface area contributed by atoms with Crippen LogP contribution in [0.15, 0.2) is 59.8 Å². The molecule has 0 spiro atoms. The average Bonchev–Trinajstić information content (AvgIpc) is 3.54. The number of nitrogens with one attached hydrogen (secondary N) is 3. The van der Waals surface area contributed by atoms with Crippen molar-refractivity contribution in [1.29, 1.82) is 0 Å². The van der Waals surface area contributed by atoms with E-state index in [9.17, 15) is 18.0 Å². The van der Waals surface area contributed by atoms with Crippen LogP contribution in [0.2, 0.25) is 0 Å². The number of thioether (sulfide) groups is 1. The summed E-state index contributed by atoms with van der Waals surface area (Å²) in [6, 6.07) is 7.37. The Bertz CT molecular complexity index is 1570. The molecule has 1 aliphatic rings. The number of hydrogen-bond acceptors (Lipinski definition) is 7. The summed E-state index contributed by atoms with van der Waals surface area (Å²) in [4.78, 5) is 22.2. The summed E-state index contributed by atoms with van der Waals surface area (Å²) in [7, 11) is 3.64. The number of hydrogen-bond donors (Lipinski definition) is 3. The predicted octanol–water partition coefficient (Wildman–Crippen LogP) is 5.79. The molecule has 13 heteroatoms. The summed E-state index contributed by atoms with van der Waals surface area (Å²) >= 11 is 1.56. The third-order valence-electron chi connectivity index (χ3n) is 6.36. The molecule has 0 radical (unpaired) electrons. The van der Waals surface area contributed by atoms with Crippen molar-refractivity contribution < 1.29 is 27.4 Å². The minimum atomic E-state index is -0.861. The molecule has 0 saturated heterocycles. The van der Waals surface area contributed by atoms with Crippen LogP contribution in [0, 0.1) is 17.5 Å². The maximum Gasteiger partial charge on any atom is 0.323 e. The highest BCUT2D eigenvalue weighted by molar-refractivity contribution is 8.00. The number of carbonyl (C=O) groups is 1. The number of benzene rings is 2. The van der Waals surface area contributed by atoms with E-state index in [-0.39, 0.29) is 22.4 Å². The Labute approximate surface area is 238 Å². The van der Waals surface area contributed by atoms with E-state index < -0.39 is 23.5 Å². The van der Waals surface area contributed by atoms with Crippen LogP contribution >= 0.6 is 11.8 Å². The lowest BCUT2D eigenvalue weighted by molar-refractivity contribution is 0.199. The van der Waals surface area contributed by atoms with Gasteiger partial charge in [0, 0.05) is 69.9 Å². The monoisotopic (exact) mass is 584 g/mol. The van der Waals surface area contributed by atoms with Gasteiger partial charge in [-0.2, -0.15) is 0 Å². The van der Waals surface area contributed by atoms with Crippen molar-refractivity contribution in [3.63, 3.8) is 0 Å². The molecule has 1 unspecified atom stereocenters. The summed E-state index contributed by atoms with van der Waals surface area (Å²) in [5.74, 6) is -0.931. The van der Waals surface area contributed by atoms with Crippen molar-refractivity contribution in [2.24, 2.45) is 7.05 Å². The number of anilines is 2. The largest absolute Gasteiger partial charge is 0.453 e. The molecule has 2 amide bonds. The molecule has 9 nitrogen and oxygen atoms in total. The van der Waals surface area contributed by atoms with Gasteiger partial charge in [0.25, 0.3) is 0 Å². The highest BCUT2D eigenvalue weighted by Gasteiger charge is 2.31. The summed E-state index contributed by atoms with van der Waals surface area (Å²) < 4.78 is 55.2. The van der Waals surface area contributed by atoms with Crippen LogP contribution in [0.5, 0.6) is 11.5 Å². The Morgan fingerprint density at radius 2 is 1.93 bits per heavy atom. The number of imidazole rings is 1. The minimum Gasteiger partial charge on any atom is -0.453 e. The van der Waals surface area contributed by atoms with Gasteiger partial charge in [0.1, 0.15) is 23.2 Å². The van der Waals surface area contributed by atoms with Gasteiger partial charge >= 0.3 is 6.03 Å². The first kappa shape index (κ1) is 28.5. The Hall–Kier alpha value is -4.07. The zero-order valence-corrected chi connectivity index (χ0v) is 23.0. The minimum absolute atomic E-state index is 0.0119. The number of methoxy groups -OCH3 is 1. The second-order valence-corrected chi connectivity index (χ2v) is 10.4. The van der Waals surface area contributed by atoms with E-state index in [2.05, 4.69) is 30.5 Å². The number of ether oxygens (including phenoxy) is 2. The molecule has 1 aliphatic heterocycles. The number of carbonyl (C=O) groups excluding carboxylic acids is 1. The van der Waals surface area contributed by atoms with Crippen molar-refractivity contribution in [2.75, 3.05) is 30.9 Å². The van der Waals surface area contributed by atoms with Crippen molar-refractivity contribution in [1.82, 2.24) is 19.9 Å². The average molecular weight is 585 g/mol. The lowest BCUT2D eigenvalue weighted by Gasteiger charge is -2.13. The van der Waals surface area contributed by atoms with Crippen LogP contribution in [0.1, 0.15) is 22.5 Å². The van der Waals surface area contributed by atoms with Gasteiger partial charge in [-0.3, -0.25) is 4.98 Å². The molecular formula is C28H27F3N6O3S. The molecule has 5 rings (SSSR count). The molecule has 4 aromatic rings. The first-order valence-corrected chi connectivity index (χ1v) is 13.6. The van der Waals surface area contributed by atoms with Crippen LogP contribution < -0.4 is 20.7 Å². The van der Waals surface area contributed by atoms with E-state index >= 15 is 0 Å². The molecular weight excluding hydrogens is 557 g/mol. The van der Waals surface area contributed by atoms with Crippen molar-refractivity contribution in [2.45, 2.75) is 23.1 Å². The predicted molar refractivity (Wildman–Crippen MR) is 149 cm³/mol. The second kappa shape index (κ2) is 12.6. The summed E-state index contributed by atoms with van der Waals surface area (Å²) in [6.45, 7) is 2.03. The number of rotatable bonds is 10. The first-order chi connectivity index (χ1) is 19.8. The summed E-state index contributed by atoms with van der Waals surface area (Å²) in [5.41, 5.74) is 1.63. The molecule has 2 aromatic carbocycles. The zero-order chi connectivity index (χ0) is 28.9. The van der Waals surface area contributed by atoms with E-state index in [1.165, 1.54) is 12.1 Å². The molecule has 214 valence electrons. The topological polar surface area (TPSA) is 102 Å². The molecule has 41 heavy (non-hydrogen) atoms. The molecule has 3 N–H and O–H groups in total. The zero-order valence-electron chi connectivity index (χ0n) is 22.2. The quantitative estimate of drug-likeness (QED) is 0.203. The van der Waals surface area contributed by atoms with Crippen LogP contribution in [-0.4, -0.2) is 40.8 Å². The SMILES string of the molecule is COCCNCc1cnc(C2Cc3nccc(Oc4ccc(NC(=O)Nc5cc(F)ccc5F)cc4F)c3S2)n1C. The molecule has 2 aromatic heterocycles. The number of amides is 2. The van der Waals surface area contributed by atoms with E-state index in [4.69, 9.17) is 9.47 Å². The number of aromatic nitrogens is 3. The summed E-state index contributed by atoms with van der Waals surface area (Å²) in [5, 5.41) is 7.92. The van der Waals surface area contributed by atoms with E-state index in [1.54, 1.807) is 31.1 Å². The van der Waals surface area contributed by atoms with E-state index in [0.717, 1.165) is 52.9 Å². The Balaban J connectivity index is 1.24. The Morgan fingerprint density at radius 1 is 1.07 bits per heavy atom. The van der Waals surface area contributed by atoms with Crippen molar-refractivity contribution >= 4 is 29.2 Å². The maximum absolute atomic E-state index is 15.0. The molecule has 1 atom stereocenters. The van der Waals surface area contributed by atoms with Gasteiger partial charge in [-0.05, 0) is 24.3 Å². The van der Waals surface area contributed by atoms with Gasteiger partial charge in [0.05, 0.1) is 33.8 Å². The van der Waals surface area contributed by atoms with Crippen LogP contribution in [0.25, 0.3) is 0 Å². The fourth-order valence-electron chi connectivity index (χ4n) is 4.30. The van der Waals surface area contributed by atoms with E-state index in [0.29, 0.717) is 25.3 Å². The number of nitrogens with zero attached hydrogens (tertiary/aromatic N) is 3. The van der Waals surface area contributed by atoms with Gasteiger partial charge in [-0.1, -0.05) is 0 Å². The third kappa shape index (κ3) is 6.64. The smallest absolute Gasteiger partial charge is 0.323 e. The van der Waals surface area contributed by atoms with Gasteiger partial charge in [0.15, 0.2) is 11.6 Å². The maximum atomic E-state index is 15.0. The highest BCUT2D eigenvalue weighted by Crippen LogP contribution is 2.50. The highest BCUT2D eigenvalue weighted by atomic mass is 32.2. The molecule has 0 saturated carbocycles. The normalized spacial score (nSPS) is 14.1. The molecule has 0 fully saturated rings. The second-order valence-electron chi connectivity index (χ2n) is 9.18. The standard InChI is InChI=1S/C28H27F3N6O3S/c1-37-18(14-32-9-10-39-2)15-34-27(37)25-13-22-26(41-25)24(7-8-33-22)40-23-6-4-17(12-20(23)31)35-28(38)36-21-11-16(29)3-5-19(21)30/h3-8,11-12,15,25,32H,9-10,13-14H2,1-2H3,(H2,35,36,38). The van der Waals surface area contributed by atoms with Gasteiger partial charge in [0.2, 0.25) is 0 Å². The Morgan fingerprint density at radius 3 is 2.73 bits per heavy atom. The molecule has 3 heterocycles. The van der Waals surface area contributed by atoms with Crippen LogP contribution in [0.3, 0.4) is 0 Å². The first-order valence-electron chi connectivity index (χ1n) is 12.7. The van der Waals surface area contributed by atoms with Crippen molar-refractivity contribution in [3.05, 3.63) is 89.5 Å². The van der Waals surface area contributed by atoms with Gasteiger partial charge in [-0.15, -0.1) is 11.8 Å². The van der Waals surface area contributed by atoms with Crippen LogP contribution in [-0.2, 0) is 24.8 Å². The fraction of sp³-hybridized carbons (Fsp3) is 0.250. The lowest BCUT2D eigenvalue weighted by Crippen LogP contribution is -2.20. The van der Waals surface area contributed by atoms with E-state index in [1.807, 2.05) is 13.2 Å². The number of fused-ring (bicyclic) bond motifs is 1. The third-order valence-corrected chi connectivity index (χ3v) is 7.70. The number of pyridine rings is 1. The van der Waals surface area contributed by atoms with Gasteiger partial charge < -0.3 is 30.0 Å². The molecule has 0 bridgehead atoms. The van der Waals surface area contributed by atoms with Crippen LogP contribution in [0.4, 0.5) is 29.3 Å². The lowest BCUT2D eigenvalue weighted by atomic mass is 10.2. The van der Waals surface area contributed by atoms with Gasteiger partial charge in [-0.25, -0.2) is 22.9 Å². The number of halogens is 3. The molecule has 0 aliphatic carbocycles.